The van der Waals surface area contributed by atoms with Crippen molar-refractivity contribution in [3.63, 3.8) is 0 Å². The number of halogens is 2. The lowest BCUT2D eigenvalue weighted by atomic mass is 9.89. The average Bonchev–Trinajstić information content (AvgIpc) is 3.01. The minimum absolute atomic E-state index is 0.121. The Hall–Kier alpha value is -9.04. The van der Waals surface area contributed by atoms with Crippen LogP contribution in [0.2, 0.25) is 10.0 Å². The number of nitrogens with one attached hydrogen (secondary N) is 6. The molecule has 0 aromatic heterocycles. The Labute approximate surface area is 514 Å². The number of aliphatic hydroxyl groups excluding tert-OH is 4. The zero-order chi connectivity index (χ0) is 64.6. The zero-order valence-electron chi connectivity index (χ0n) is 47.0. The van der Waals surface area contributed by atoms with Gasteiger partial charge < -0.3 is 103 Å². The van der Waals surface area contributed by atoms with Crippen LogP contribution in [0.1, 0.15) is 71.8 Å². The van der Waals surface area contributed by atoms with E-state index in [4.69, 9.17) is 47.9 Å². The number of benzene rings is 5. The number of primary amides is 1. The van der Waals surface area contributed by atoms with Gasteiger partial charge in [0.1, 0.15) is 89.5 Å². The Morgan fingerprint density at radius 1 is 0.708 bits per heavy atom. The van der Waals surface area contributed by atoms with Crippen LogP contribution in [0.3, 0.4) is 0 Å². The molecule has 9 unspecified atom stereocenters. The van der Waals surface area contributed by atoms with Crippen LogP contribution in [0.15, 0.2) is 78.9 Å². The third-order valence-electron chi connectivity index (χ3n) is 15.4. The number of aromatic hydroxyl groups is 4. The molecule has 1 fully saturated rings. The van der Waals surface area contributed by atoms with Gasteiger partial charge in [0, 0.05) is 35.6 Å². The normalized spacial score (nSPS) is 25.8. The molecule has 1 saturated heterocycles. The number of aliphatic carboxylic acids is 1. The molecule has 6 heterocycles. The topological polar surface area (TPSA) is 457 Å². The second kappa shape index (κ2) is 26.3. The maximum atomic E-state index is 15.7. The van der Waals surface area contributed by atoms with E-state index >= 15 is 19.2 Å². The van der Waals surface area contributed by atoms with E-state index in [1.54, 1.807) is 25.9 Å². The molecule has 6 aliphatic heterocycles. The predicted octanol–water partition coefficient (Wildman–Crippen LogP) is 0.435. The van der Waals surface area contributed by atoms with E-state index in [9.17, 15) is 65.1 Å². The highest BCUT2D eigenvalue weighted by atomic mass is 35.5. The molecule has 0 spiro atoms. The van der Waals surface area contributed by atoms with Crippen molar-refractivity contribution in [2.24, 2.45) is 5.73 Å². The van der Waals surface area contributed by atoms with Crippen LogP contribution in [-0.2, 0) is 54.3 Å². The van der Waals surface area contributed by atoms with E-state index in [1.165, 1.54) is 24.3 Å². The number of hydrogen-bond donors (Lipinski definition) is 16. The summed E-state index contributed by atoms with van der Waals surface area (Å²) in [6, 6.07) is 1.43. The van der Waals surface area contributed by atoms with Crippen molar-refractivity contribution in [1.29, 1.82) is 0 Å². The first-order valence-corrected chi connectivity index (χ1v) is 28.0. The van der Waals surface area contributed by atoms with E-state index < -0.39 is 202 Å². The quantitative estimate of drug-likeness (QED) is 0.0902. The molecule has 11 rings (SSSR count). The van der Waals surface area contributed by atoms with Gasteiger partial charge in [-0.25, -0.2) is 4.79 Å². The van der Waals surface area contributed by atoms with E-state index in [2.05, 4.69) is 31.9 Å². The van der Waals surface area contributed by atoms with Crippen molar-refractivity contribution in [3.8, 4) is 57.1 Å². The third-order valence-corrected chi connectivity index (χ3v) is 16.0. The molecule has 7 amide bonds. The molecule has 0 saturated carbocycles. The molecule has 0 aliphatic carbocycles. The summed E-state index contributed by atoms with van der Waals surface area (Å²) in [5.41, 5.74) is 3.40. The number of nitrogens with zero attached hydrogens (tertiary/aromatic N) is 1. The van der Waals surface area contributed by atoms with Crippen LogP contribution in [0.25, 0.3) is 11.1 Å². The Morgan fingerprint density at radius 3 is 1.97 bits per heavy atom. The van der Waals surface area contributed by atoms with E-state index in [0.29, 0.717) is 5.56 Å². The van der Waals surface area contributed by atoms with E-state index in [-0.39, 0.29) is 39.6 Å². The summed E-state index contributed by atoms with van der Waals surface area (Å²) in [6.07, 6.45) is -13.5. The first-order chi connectivity index (χ1) is 42.1. The summed E-state index contributed by atoms with van der Waals surface area (Å²) < 4.78 is 24.4. The van der Waals surface area contributed by atoms with Crippen molar-refractivity contribution in [2.45, 2.75) is 105 Å². The van der Waals surface area contributed by atoms with Crippen molar-refractivity contribution in [2.75, 3.05) is 20.7 Å². The van der Waals surface area contributed by atoms with Crippen LogP contribution in [0.4, 0.5) is 0 Å². The number of aliphatic hydroxyl groups is 4. The molecule has 6 aliphatic rings. The van der Waals surface area contributed by atoms with Gasteiger partial charge in [0.2, 0.25) is 47.1 Å². The Kier molecular flexibility index (Phi) is 19.1. The molecular formula is C58H60Cl2N8O21. The van der Waals surface area contributed by atoms with Crippen LogP contribution < -0.4 is 47.1 Å². The molecular weight excluding hydrogens is 1220 g/mol. The predicted molar refractivity (Wildman–Crippen MR) is 307 cm³/mol. The zero-order valence-corrected chi connectivity index (χ0v) is 48.6. The Balaban J connectivity index is 1.29. The summed E-state index contributed by atoms with van der Waals surface area (Å²) in [5.74, 6) is -14.5. The summed E-state index contributed by atoms with van der Waals surface area (Å²) in [7, 11) is 3.24. The third kappa shape index (κ3) is 13.7. The molecule has 89 heavy (non-hydrogen) atoms. The number of amides is 7. The highest BCUT2D eigenvalue weighted by Gasteiger charge is 2.48. The fraction of sp³-hybridized carbons (Fsp3) is 0.345. The summed E-state index contributed by atoms with van der Waals surface area (Å²) in [4.78, 5) is 117. The van der Waals surface area contributed by atoms with E-state index in [1.807, 2.05) is 0 Å². The number of likely N-dealkylation sites (N-methyl/N-ethyl adjacent to an activating group) is 1. The van der Waals surface area contributed by atoms with Crippen molar-refractivity contribution < 1.29 is 103 Å². The fourth-order valence-corrected chi connectivity index (χ4v) is 10.8. The molecule has 5 aromatic carbocycles. The number of rotatable bonds is 10. The number of fused-ring (bicyclic) bond motifs is 15. The van der Waals surface area contributed by atoms with Gasteiger partial charge in [-0.15, -0.1) is 0 Å². The van der Waals surface area contributed by atoms with Crippen molar-refractivity contribution in [1.82, 2.24) is 36.8 Å². The van der Waals surface area contributed by atoms with Gasteiger partial charge >= 0.3 is 5.97 Å². The number of carbonyl (C=O) groups is 8. The van der Waals surface area contributed by atoms with Crippen LogP contribution in [-0.4, -0.2) is 174 Å². The van der Waals surface area contributed by atoms with Gasteiger partial charge in [-0.2, -0.15) is 0 Å². The number of ether oxygens (including phenoxy) is 4. The number of carboxylic acid groups (broad SMARTS) is 1. The highest BCUT2D eigenvalue weighted by Crippen LogP contribution is 2.48. The lowest BCUT2D eigenvalue weighted by molar-refractivity contribution is -0.313. The first-order valence-electron chi connectivity index (χ1n) is 27.3. The second-order valence-corrected chi connectivity index (χ2v) is 22.4. The lowest BCUT2D eigenvalue weighted by Crippen LogP contribution is -2.61. The SMILES string of the molecule is C[C@H](C(=O)N[C@@H]1Cc2ccc(c(Cl)c2)Oc2cc3cc(c2O)Oc2ccc(cc2Cl)[C@@H](OC2OC(CO)C(O)C(O)C2O)C2NC(=O)C(NC(=O)C3NC(=O)[C@H](CCC(N)=O)NC1=O)c1ccc(O)c(c1)-c1c(O)cc(O)cc1C(C(=O)O)NC2=O)N(C)C. The van der Waals surface area contributed by atoms with Gasteiger partial charge in [0.25, 0.3) is 0 Å². The van der Waals surface area contributed by atoms with Gasteiger partial charge in [-0.05, 0) is 104 Å². The first kappa shape index (κ1) is 64.4. The van der Waals surface area contributed by atoms with E-state index in [0.717, 1.165) is 54.6 Å². The monoisotopic (exact) mass is 1270 g/mol. The van der Waals surface area contributed by atoms with Crippen LogP contribution >= 0.6 is 23.2 Å². The number of nitrogens with two attached hydrogens (primary N) is 1. The fourth-order valence-electron chi connectivity index (χ4n) is 10.3. The van der Waals surface area contributed by atoms with Gasteiger partial charge in [0.15, 0.2) is 23.8 Å². The molecule has 17 N–H and O–H groups in total. The minimum atomic E-state index is -2.34. The number of phenolic OH excluding ortho intramolecular Hbond substituents is 4. The van der Waals surface area contributed by atoms with Crippen molar-refractivity contribution in [3.05, 3.63) is 117 Å². The van der Waals surface area contributed by atoms with Gasteiger partial charge in [-0.1, -0.05) is 41.4 Å². The summed E-state index contributed by atoms with van der Waals surface area (Å²) in [5, 5.41) is 114. The Bertz CT molecular complexity index is 3670. The average molecular weight is 1280 g/mol. The second-order valence-electron chi connectivity index (χ2n) is 21.6. The molecule has 5 aromatic rings. The number of phenols is 4. The van der Waals surface area contributed by atoms with Gasteiger partial charge in [0.05, 0.1) is 22.7 Å². The highest BCUT2D eigenvalue weighted by molar-refractivity contribution is 6.32. The molecule has 31 heteroatoms. The van der Waals surface area contributed by atoms with Crippen molar-refractivity contribution >= 4 is 70.5 Å². The molecule has 29 nitrogen and oxygen atoms in total. The molecule has 13 atom stereocenters. The molecule has 11 bridgehead atoms. The summed E-state index contributed by atoms with van der Waals surface area (Å²) in [6.45, 7) is 0.581. The lowest BCUT2D eigenvalue weighted by Gasteiger charge is -2.42. The molecule has 472 valence electrons. The number of carbonyl (C=O) groups excluding carboxylic acids is 7. The Morgan fingerprint density at radius 2 is 1.34 bits per heavy atom. The van der Waals surface area contributed by atoms with Crippen LogP contribution in [0, 0.1) is 0 Å². The number of carboxylic acids is 1. The minimum Gasteiger partial charge on any atom is -0.508 e. The van der Waals surface area contributed by atoms with Crippen LogP contribution in [0.5, 0.6) is 46.0 Å². The largest absolute Gasteiger partial charge is 0.508 e. The molecule has 0 radical (unpaired) electrons. The maximum Gasteiger partial charge on any atom is 0.330 e. The standard InChI is InChI=1S/C58H60Cl2N8O21/c1-21(68(2)3)51(78)63-32-13-22-4-9-35(29(59)12-22)86-37-16-25-17-38(46(37)74)87-36-10-6-24(15-30(36)60)50(89-58-49(77)48(76)47(75)39(20-69)88-58)45-56(83)66-44(57(84)85)28-18-26(70)19-34(72)41(28)27-14-23(5-8-33(27)71)42(54(81)67-45)65-55(82)43(25)64-52(79)31(62-53(32)80)7-11-40(61)73/h4-6,8-10,12,14-19,21,31-32,39,42-45,47-50,58,69-72,74-77H,7,11,13,20H2,1-3H3,(H2,61,73)(H,62,80)(H,63,78)(H,64,79)(H,65,82)(H,66,83)(H,67,81)(H,84,85)/t21-,31+,32-,39?,42?,43?,44?,45?,47?,48?,49?,50-,58?/m1/s1. The summed E-state index contributed by atoms with van der Waals surface area (Å²) >= 11 is 13.8. The maximum absolute atomic E-state index is 15.7. The smallest absolute Gasteiger partial charge is 0.330 e. The number of hydrogen-bond acceptors (Lipinski definition) is 21. The van der Waals surface area contributed by atoms with Gasteiger partial charge in [-0.3, -0.25) is 38.5 Å².